The largest absolute Gasteiger partial charge is 0.391 e. The van der Waals surface area contributed by atoms with E-state index in [0.29, 0.717) is 13.0 Å². The van der Waals surface area contributed by atoms with Crippen molar-refractivity contribution >= 4 is 5.91 Å². The maximum Gasteiger partial charge on any atom is 0.224 e. The predicted molar refractivity (Wildman–Crippen MR) is 64.1 cm³/mol. The average Bonchev–Trinajstić information content (AvgIpc) is 2.28. The zero-order valence-electron chi connectivity index (χ0n) is 9.65. The number of aliphatic hydroxyl groups is 1. The SMILES string of the molecule is CCCC(O)CNC(=O)Cc1ccccc1. The van der Waals surface area contributed by atoms with Crippen LogP contribution in [0.25, 0.3) is 0 Å². The summed E-state index contributed by atoms with van der Waals surface area (Å²) in [6.45, 7) is 2.36. The molecule has 16 heavy (non-hydrogen) atoms. The lowest BCUT2D eigenvalue weighted by molar-refractivity contribution is -0.120. The zero-order valence-corrected chi connectivity index (χ0v) is 9.65. The van der Waals surface area contributed by atoms with Crippen LogP contribution in [0.3, 0.4) is 0 Å². The highest BCUT2D eigenvalue weighted by Gasteiger charge is 2.06. The minimum absolute atomic E-state index is 0.0404. The van der Waals surface area contributed by atoms with E-state index in [-0.39, 0.29) is 5.91 Å². The monoisotopic (exact) mass is 221 g/mol. The number of benzene rings is 1. The number of carbonyl (C=O) groups is 1. The molecular weight excluding hydrogens is 202 g/mol. The van der Waals surface area contributed by atoms with Gasteiger partial charge in [-0.1, -0.05) is 43.7 Å². The minimum atomic E-state index is -0.426. The summed E-state index contributed by atoms with van der Waals surface area (Å²) < 4.78 is 0. The van der Waals surface area contributed by atoms with Gasteiger partial charge in [-0.25, -0.2) is 0 Å². The van der Waals surface area contributed by atoms with Crippen molar-refractivity contribution in [2.24, 2.45) is 0 Å². The number of amides is 1. The summed E-state index contributed by atoms with van der Waals surface area (Å²) in [5.41, 5.74) is 0.991. The van der Waals surface area contributed by atoms with Crippen molar-refractivity contribution in [1.29, 1.82) is 0 Å². The van der Waals surface area contributed by atoms with Crippen molar-refractivity contribution in [2.45, 2.75) is 32.3 Å². The second-order valence-electron chi connectivity index (χ2n) is 3.91. The third-order valence-electron chi connectivity index (χ3n) is 2.36. The predicted octanol–water partition coefficient (Wildman–Crippen LogP) is 1.51. The number of aliphatic hydroxyl groups excluding tert-OH is 1. The molecule has 3 nitrogen and oxygen atoms in total. The van der Waals surface area contributed by atoms with Crippen LogP contribution in [0.2, 0.25) is 0 Å². The van der Waals surface area contributed by atoms with E-state index in [1.54, 1.807) is 0 Å². The summed E-state index contributed by atoms with van der Waals surface area (Å²) >= 11 is 0. The molecule has 1 aromatic carbocycles. The maximum absolute atomic E-state index is 11.5. The molecule has 0 saturated carbocycles. The van der Waals surface area contributed by atoms with E-state index < -0.39 is 6.10 Å². The van der Waals surface area contributed by atoms with Gasteiger partial charge in [-0.05, 0) is 12.0 Å². The van der Waals surface area contributed by atoms with Crippen molar-refractivity contribution in [3.05, 3.63) is 35.9 Å². The van der Waals surface area contributed by atoms with Gasteiger partial charge in [-0.3, -0.25) is 4.79 Å². The number of hydrogen-bond donors (Lipinski definition) is 2. The Kier molecular flexibility index (Phi) is 5.57. The lowest BCUT2D eigenvalue weighted by Crippen LogP contribution is -2.32. The first-order valence-corrected chi connectivity index (χ1v) is 5.71. The molecule has 0 aromatic heterocycles. The van der Waals surface area contributed by atoms with Gasteiger partial charge in [0.15, 0.2) is 0 Å². The Balaban J connectivity index is 2.26. The fourth-order valence-electron chi connectivity index (χ4n) is 1.51. The minimum Gasteiger partial charge on any atom is -0.391 e. The van der Waals surface area contributed by atoms with Crippen LogP contribution in [-0.2, 0) is 11.2 Å². The second-order valence-corrected chi connectivity index (χ2v) is 3.91. The number of hydrogen-bond acceptors (Lipinski definition) is 2. The zero-order chi connectivity index (χ0) is 11.8. The Morgan fingerprint density at radius 3 is 2.69 bits per heavy atom. The molecule has 1 aromatic rings. The molecule has 3 heteroatoms. The molecule has 0 heterocycles. The smallest absolute Gasteiger partial charge is 0.224 e. The van der Waals surface area contributed by atoms with Crippen LogP contribution in [0.15, 0.2) is 30.3 Å². The third-order valence-corrected chi connectivity index (χ3v) is 2.36. The molecule has 2 N–H and O–H groups in total. The van der Waals surface area contributed by atoms with E-state index in [1.807, 2.05) is 37.3 Å². The van der Waals surface area contributed by atoms with Crippen molar-refractivity contribution in [2.75, 3.05) is 6.54 Å². The van der Waals surface area contributed by atoms with Gasteiger partial charge in [-0.2, -0.15) is 0 Å². The van der Waals surface area contributed by atoms with E-state index in [2.05, 4.69) is 5.32 Å². The number of nitrogens with one attached hydrogen (secondary N) is 1. The molecular formula is C13H19NO2. The van der Waals surface area contributed by atoms with Crippen LogP contribution in [0.1, 0.15) is 25.3 Å². The fraction of sp³-hybridized carbons (Fsp3) is 0.462. The molecule has 0 radical (unpaired) electrons. The average molecular weight is 221 g/mol. The molecule has 0 fully saturated rings. The summed E-state index contributed by atoms with van der Waals surface area (Å²) in [6, 6.07) is 9.58. The van der Waals surface area contributed by atoms with Gasteiger partial charge < -0.3 is 10.4 Å². The van der Waals surface area contributed by atoms with Gasteiger partial charge in [0.05, 0.1) is 12.5 Å². The lowest BCUT2D eigenvalue weighted by atomic mass is 10.1. The normalized spacial score (nSPS) is 12.1. The molecule has 1 rings (SSSR count). The van der Waals surface area contributed by atoms with Gasteiger partial charge in [0, 0.05) is 6.54 Å². The summed E-state index contributed by atoms with van der Waals surface area (Å²) in [4.78, 5) is 11.5. The van der Waals surface area contributed by atoms with Gasteiger partial charge in [0.1, 0.15) is 0 Å². The highest BCUT2D eigenvalue weighted by atomic mass is 16.3. The Bertz CT molecular complexity index is 311. The molecule has 0 spiro atoms. The van der Waals surface area contributed by atoms with Crippen LogP contribution < -0.4 is 5.32 Å². The molecule has 0 bridgehead atoms. The van der Waals surface area contributed by atoms with Crippen LogP contribution >= 0.6 is 0 Å². The topological polar surface area (TPSA) is 49.3 Å². The van der Waals surface area contributed by atoms with Gasteiger partial charge in [0.2, 0.25) is 5.91 Å². The molecule has 88 valence electrons. The van der Waals surface area contributed by atoms with E-state index >= 15 is 0 Å². The van der Waals surface area contributed by atoms with E-state index in [1.165, 1.54) is 0 Å². The quantitative estimate of drug-likeness (QED) is 0.765. The van der Waals surface area contributed by atoms with Crippen molar-refractivity contribution in [1.82, 2.24) is 5.32 Å². The van der Waals surface area contributed by atoms with Crippen LogP contribution in [-0.4, -0.2) is 23.7 Å². The molecule has 0 saturated heterocycles. The van der Waals surface area contributed by atoms with Gasteiger partial charge in [-0.15, -0.1) is 0 Å². The Morgan fingerprint density at radius 1 is 1.38 bits per heavy atom. The molecule has 0 aliphatic carbocycles. The molecule has 1 unspecified atom stereocenters. The summed E-state index contributed by atoms with van der Waals surface area (Å²) in [5, 5.41) is 12.2. The highest BCUT2D eigenvalue weighted by molar-refractivity contribution is 5.78. The van der Waals surface area contributed by atoms with E-state index in [4.69, 9.17) is 0 Å². The van der Waals surface area contributed by atoms with Crippen LogP contribution in [0.4, 0.5) is 0 Å². The lowest BCUT2D eigenvalue weighted by Gasteiger charge is -2.10. The molecule has 0 aliphatic heterocycles. The summed E-state index contributed by atoms with van der Waals surface area (Å²) in [5.74, 6) is -0.0404. The number of rotatable bonds is 6. The standard InChI is InChI=1S/C13H19NO2/c1-2-6-12(15)10-14-13(16)9-11-7-4-3-5-8-11/h3-5,7-8,12,15H,2,6,9-10H2,1H3,(H,14,16). The molecule has 1 atom stereocenters. The van der Waals surface area contributed by atoms with Crippen LogP contribution in [0, 0.1) is 0 Å². The maximum atomic E-state index is 11.5. The van der Waals surface area contributed by atoms with Crippen molar-refractivity contribution in [3.8, 4) is 0 Å². The Morgan fingerprint density at radius 2 is 2.06 bits per heavy atom. The number of carbonyl (C=O) groups excluding carboxylic acids is 1. The van der Waals surface area contributed by atoms with Crippen molar-refractivity contribution < 1.29 is 9.90 Å². The first kappa shape index (κ1) is 12.7. The molecule has 1 amide bonds. The fourth-order valence-corrected chi connectivity index (χ4v) is 1.51. The van der Waals surface area contributed by atoms with Gasteiger partial charge in [0.25, 0.3) is 0 Å². The second kappa shape index (κ2) is 7.01. The van der Waals surface area contributed by atoms with Crippen molar-refractivity contribution in [3.63, 3.8) is 0 Å². The Labute approximate surface area is 96.5 Å². The van der Waals surface area contributed by atoms with E-state index in [0.717, 1.165) is 18.4 Å². The van der Waals surface area contributed by atoms with Crippen LogP contribution in [0.5, 0.6) is 0 Å². The summed E-state index contributed by atoms with van der Waals surface area (Å²) in [6.07, 6.45) is 1.60. The first-order valence-electron chi connectivity index (χ1n) is 5.71. The first-order chi connectivity index (χ1) is 7.72. The highest BCUT2D eigenvalue weighted by Crippen LogP contribution is 1.99. The van der Waals surface area contributed by atoms with E-state index in [9.17, 15) is 9.90 Å². The molecule has 0 aliphatic rings. The third kappa shape index (κ3) is 4.94. The Hall–Kier alpha value is -1.35. The summed E-state index contributed by atoms with van der Waals surface area (Å²) in [7, 11) is 0. The van der Waals surface area contributed by atoms with Gasteiger partial charge >= 0.3 is 0 Å².